The molecule has 0 amide bonds. The van der Waals surface area contributed by atoms with Crippen LogP contribution in [0.2, 0.25) is 0 Å². The van der Waals surface area contributed by atoms with E-state index in [1.54, 1.807) is 12.4 Å². The first kappa shape index (κ1) is 14.1. The molecule has 1 rings (SSSR count). The van der Waals surface area contributed by atoms with E-state index in [1.165, 1.54) is 0 Å². The quantitative estimate of drug-likeness (QED) is 0.788. The van der Waals surface area contributed by atoms with E-state index in [0.29, 0.717) is 13.2 Å². The molecule has 4 nitrogen and oxygen atoms in total. The second-order valence-corrected chi connectivity index (χ2v) is 4.17. The molecule has 3 unspecified atom stereocenters. The first-order valence-electron chi connectivity index (χ1n) is 6.03. The second-order valence-electron chi connectivity index (χ2n) is 4.17. The van der Waals surface area contributed by atoms with Crippen LogP contribution in [-0.2, 0) is 9.47 Å². The SMILES string of the molecule is CCOCC(C)OC(c1ccncc1)C(C)N. The van der Waals surface area contributed by atoms with Crippen LogP contribution in [-0.4, -0.2) is 30.3 Å². The van der Waals surface area contributed by atoms with Crippen LogP contribution in [0.4, 0.5) is 0 Å². The molecule has 0 aliphatic rings. The minimum Gasteiger partial charge on any atom is -0.379 e. The van der Waals surface area contributed by atoms with Crippen LogP contribution in [0.3, 0.4) is 0 Å². The molecule has 1 heterocycles. The maximum absolute atomic E-state index is 5.96. The summed E-state index contributed by atoms with van der Waals surface area (Å²) in [7, 11) is 0. The molecule has 0 spiro atoms. The normalized spacial score (nSPS) is 16.5. The van der Waals surface area contributed by atoms with E-state index in [-0.39, 0.29) is 18.2 Å². The lowest BCUT2D eigenvalue weighted by Gasteiger charge is -2.25. The Kier molecular flexibility index (Phi) is 6.11. The van der Waals surface area contributed by atoms with Gasteiger partial charge in [0.05, 0.1) is 18.8 Å². The summed E-state index contributed by atoms with van der Waals surface area (Å²) in [5.74, 6) is 0. The van der Waals surface area contributed by atoms with Crippen molar-refractivity contribution in [1.82, 2.24) is 4.98 Å². The molecule has 0 aliphatic carbocycles. The monoisotopic (exact) mass is 238 g/mol. The maximum Gasteiger partial charge on any atom is 0.0978 e. The van der Waals surface area contributed by atoms with Crippen LogP contribution < -0.4 is 5.73 Å². The molecule has 4 heteroatoms. The van der Waals surface area contributed by atoms with Crippen molar-refractivity contribution in [1.29, 1.82) is 0 Å². The molecule has 1 aromatic rings. The maximum atomic E-state index is 5.96. The van der Waals surface area contributed by atoms with Crippen molar-refractivity contribution >= 4 is 0 Å². The van der Waals surface area contributed by atoms with Crippen molar-refractivity contribution in [2.24, 2.45) is 5.73 Å². The Morgan fingerprint density at radius 1 is 1.29 bits per heavy atom. The Balaban J connectivity index is 2.61. The highest BCUT2D eigenvalue weighted by Crippen LogP contribution is 2.21. The van der Waals surface area contributed by atoms with E-state index in [1.807, 2.05) is 32.9 Å². The van der Waals surface area contributed by atoms with E-state index < -0.39 is 0 Å². The number of aromatic nitrogens is 1. The highest BCUT2D eigenvalue weighted by atomic mass is 16.5. The highest BCUT2D eigenvalue weighted by molar-refractivity contribution is 5.15. The average molecular weight is 238 g/mol. The van der Waals surface area contributed by atoms with Gasteiger partial charge in [0.2, 0.25) is 0 Å². The van der Waals surface area contributed by atoms with Gasteiger partial charge in [-0.1, -0.05) is 0 Å². The molecule has 0 fully saturated rings. The zero-order valence-electron chi connectivity index (χ0n) is 10.8. The first-order chi connectivity index (χ1) is 8.15. The summed E-state index contributed by atoms with van der Waals surface area (Å²) in [6, 6.07) is 3.80. The van der Waals surface area contributed by atoms with Crippen LogP contribution >= 0.6 is 0 Å². The van der Waals surface area contributed by atoms with E-state index in [0.717, 1.165) is 5.56 Å². The predicted octanol–water partition coefficient (Wildman–Crippen LogP) is 1.91. The minimum atomic E-state index is -0.117. The lowest BCUT2D eigenvalue weighted by Crippen LogP contribution is -2.31. The van der Waals surface area contributed by atoms with Crippen molar-refractivity contribution in [3.63, 3.8) is 0 Å². The fourth-order valence-electron chi connectivity index (χ4n) is 1.63. The van der Waals surface area contributed by atoms with Gasteiger partial charge in [0.15, 0.2) is 0 Å². The van der Waals surface area contributed by atoms with Gasteiger partial charge in [0.25, 0.3) is 0 Å². The third-order valence-electron chi connectivity index (χ3n) is 2.45. The summed E-state index contributed by atoms with van der Waals surface area (Å²) in [5, 5.41) is 0. The Morgan fingerprint density at radius 2 is 1.94 bits per heavy atom. The molecule has 17 heavy (non-hydrogen) atoms. The van der Waals surface area contributed by atoms with Crippen LogP contribution in [0.5, 0.6) is 0 Å². The van der Waals surface area contributed by atoms with E-state index >= 15 is 0 Å². The zero-order chi connectivity index (χ0) is 12.7. The van der Waals surface area contributed by atoms with Crippen molar-refractivity contribution in [2.75, 3.05) is 13.2 Å². The number of ether oxygens (including phenoxy) is 2. The molecule has 96 valence electrons. The summed E-state index contributed by atoms with van der Waals surface area (Å²) < 4.78 is 11.3. The molecular weight excluding hydrogens is 216 g/mol. The highest BCUT2D eigenvalue weighted by Gasteiger charge is 2.19. The Bertz CT molecular complexity index is 304. The Labute approximate surface area is 103 Å². The lowest BCUT2D eigenvalue weighted by molar-refractivity contribution is -0.0550. The van der Waals surface area contributed by atoms with Crippen LogP contribution in [0.1, 0.15) is 32.4 Å². The van der Waals surface area contributed by atoms with Gasteiger partial charge in [-0.25, -0.2) is 0 Å². The molecule has 2 N–H and O–H groups in total. The smallest absolute Gasteiger partial charge is 0.0978 e. The van der Waals surface area contributed by atoms with Gasteiger partial charge in [-0.3, -0.25) is 4.98 Å². The van der Waals surface area contributed by atoms with Gasteiger partial charge < -0.3 is 15.2 Å². The number of hydrogen-bond acceptors (Lipinski definition) is 4. The number of nitrogens with two attached hydrogens (primary N) is 1. The minimum absolute atomic E-state index is 0.0270. The number of nitrogens with zero attached hydrogens (tertiary/aromatic N) is 1. The van der Waals surface area contributed by atoms with Gasteiger partial charge in [-0.2, -0.15) is 0 Å². The second kappa shape index (κ2) is 7.37. The topological polar surface area (TPSA) is 57.4 Å². The first-order valence-corrected chi connectivity index (χ1v) is 6.03. The summed E-state index contributed by atoms with van der Waals surface area (Å²) in [6.45, 7) is 7.19. The number of hydrogen-bond donors (Lipinski definition) is 1. The third kappa shape index (κ3) is 4.81. The van der Waals surface area contributed by atoms with Gasteiger partial charge in [-0.05, 0) is 38.5 Å². The molecule has 0 saturated heterocycles. The van der Waals surface area contributed by atoms with Crippen LogP contribution in [0.25, 0.3) is 0 Å². The summed E-state index contributed by atoms with van der Waals surface area (Å²) in [4.78, 5) is 3.99. The van der Waals surface area contributed by atoms with Gasteiger partial charge in [0.1, 0.15) is 0 Å². The van der Waals surface area contributed by atoms with Crippen molar-refractivity contribution in [2.45, 2.75) is 39.0 Å². The summed E-state index contributed by atoms with van der Waals surface area (Å²) >= 11 is 0. The van der Waals surface area contributed by atoms with Crippen molar-refractivity contribution in [3.8, 4) is 0 Å². The predicted molar refractivity (Wildman–Crippen MR) is 67.7 cm³/mol. The molecule has 0 saturated carbocycles. The Morgan fingerprint density at radius 3 is 2.47 bits per heavy atom. The van der Waals surface area contributed by atoms with Gasteiger partial charge >= 0.3 is 0 Å². The molecule has 1 aromatic heterocycles. The average Bonchev–Trinajstić information content (AvgIpc) is 2.34. The molecule has 0 bridgehead atoms. The largest absolute Gasteiger partial charge is 0.379 e. The van der Waals surface area contributed by atoms with Gasteiger partial charge in [0, 0.05) is 25.0 Å². The zero-order valence-corrected chi connectivity index (χ0v) is 10.8. The van der Waals surface area contributed by atoms with Crippen LogP contribution in [0.15, 0.2) is 24.5 Å². The third-order valence-corrected chi connectivity index (χ3v) is 2.45. The molecule has 0 radical (unpaired) electrons. The van der Waals surface area contributed by atoms with E-state index in [4.69, 9.17) is 15.2 Å². The standard InChI is InChI=1S/C13H22N2O2/c1-4-16-9-10(2)17-13(11(3)14)12-5-7-15-8-6-12/h5-8,10-11,13H,4,9,14H2,1-3H3. The van der Waals surface area contributed by atoms with Gasteiger partial charge in [-0.15, -0.1) is 0 Å². The lowest BCUT2D eigenvalue weighted by atomic mass is 10.1. The fourth-order valence-corrected chi connectivity index (χ4v) is 1.63. The molecular formula is C13H22N2O2. The summed E-state index contributed by atoms with van der Waals surface area (Å²) in [5.41, 5.74) is 7.01. The Hall–Kier alpha value is -0.970. The number of pyridine rings is 1. The molecule has 3 atom stereocenters. The van der Waals surface area contributed by atoms with E-state index in [9.17, 15) is 0 Å². The summed E-state index contributed by atoms with van der Waals surface area (Å²) in [6.07, 6.45) is 3.41. The van der Waals surface area contributed by atoms with Crippen molar-refractivity contribution < 1.29 is 9.47 Å². The molecule has 0 aromatic carbocycles. The van der Waals surface area contributed by atoms with Crippen molar-refractivity contribution in [3.05, 3.63) is 30.1 Å². The van der Waals surface area contributed by atoms with Crippen LogP contribution in [0, 0.1) is 0 Å². The van der Waals surface area contributed by atoms with E-state index in [2.05, 4.69) is 4.98 Å². The fraction of sp³-hybridized carbons (Fsp3) is 0.615. The number of rotatable bonds is 7. The molecule has 0 aliphatic heterocycles.